The third kappa shape index (κ3) is 3.49. The first-order valence-electron chi connectivity index (χ1n) is 7.16. The molecular formula is C16H22N4O. The number of carbonyl (C=O) groups excluding carboxylic acids is 1. The number of hydrogen-bond acceptors (Lipinski definition) is 3. The fourth-order valence-electron chi connectivity index (χ4n) is 1.97. The van der Waals surface area contributed by atoms with Gasteiger partial charge in [-0.15, -0.1) is 0 Å². The predicted octanol–water partition coefficient (Wildman–Crippen LogP) is 1.86. The molecule has 112 valence electrons. The molecule has 1 unspecified atom stereocenters. The van der Waals surface area contributed by atoms with Gasteiger partial charge in [-0.2, -0.15) is 5.10 Å². The maximum atomic E-state index is 12.2. The highest BCUT2D eigenvalue weighted by molar-refractivity contribution is 5.82. The molecule has 0 saturated carbocycles. The van der Waals surface area contributed by atoms with Gasteiger partial charge in [0, 0.05) is 24.8 Å². The lowest BCUT2D eigenvalue weighted by atomic mass is 9.86. The van der Waals surface area contributed by atoms with Gasteiger partial charge in [0.25, 0.3) is 0 Å². The Morgan fingerprint density at radius 2 is 2.10 bits per heavy atom. The second-order valence-electron chi connectivity index (χ2n) is 5.43. The standard InChI is InChI=1S/C16H22N4O/c1-3-16(2,12-17)15(21)18-9-13-10-19-20(11-13)14-7-5-4-6-8-14/h4-8,10-11H,3,9,12,17H2,1-2H3,(H,18,21). The van der Waals surface area contributed by atoms with Crippen LogP contribution in [0.15, 0.2) is 42.7 Å². The van der Waals surface area contributed by atoms with Crippen molar-refractivity contribution in [3.8, 4) is 5.69 Å². The van der Waals surface area contributed by atoms with Gasteiger partial charge in [-0.05, 0) is 25.5 Å². The van der Waals surface area contributed by atoms with E-state index in [9.17, 15) is 4.79 Å². The van der Waals surface area contributed by atoms with Crippen molar-refractivity contribution in [1.82, 2.24) is 15.1 Å². The molecular weight excluding hydrogens is 264 g/mol. The second-order valence-corrected chi connectivity index (χ2v) is 5.43. The monoisotopic (exact) mass is 286 g/mol. The van der Waals surface area contributed by atoms with Crippen molar-refractivity contribution >= 4 is 5.91 Å². The molecule has 21 heavy (non-hydrogen) atoms. The number of nitrogens with zero attached hydrogens (tertiary/aromatic N) is 2. The number of rotatable bonds is 6. The Kier molecular flexibility index (Phi) is 4.75. The van der Waals surface area contributed by atoms with E-state index in [0.717, 1.165) is 17.7 Å². The van der Waals surface area contributed by atoms with Crippen LogP contribution >= 0.6 is 0 Å². The largest absolute Gasteiger partial charge is 0.351 e. The molecule has 0 aliphatic carbocycles. The minimum atomic E-state index is -0.505. The molecule has 2 rings (SSSR count). The van der Waals surface area contributed by atoms with Gasteiger partial charge in [-0.3, -0.25) is 4.79 Å². The van der Waals surface area contributed by atoms with Crippen molar-refractivity contribution in [1.29, 1.82) is 0 Å². The quantitative estimate of drug-likeness (QED) is 0.851. The molecule has 5 nitrogen and oxygen atoms in total. The molecule has 0 saturated heterocycles. The Hall–Kier alpha value is -2.14. The van der Waals surface area contributed by atoms with Gasteiger partial charge >= 0.3 is 0 Å². The summed E-state index contributed by atoms with van der Waals surface area (Å²) < 4.78 is 1.80. The number of aromatic nitrogens is 2. The highest BCUT2D eigenvalue weighted by atomic mass is 16.2. The lowest BCUT2D eigenvalue weighted by molar-refractivity contribution is -0.130. The first kappa shape index (κ1) is 15.3. The molecule has 1 amide bonds. The van der Waals surface area contributed by atoms with Crippen LogP contribution in [0.3, 0.4) is 0 Å². The summed E-state index contributed by atoms with van der Waals surface area (Å²) in [5.41, 5.74) is 7.14. The molecule has 0 aliphatic heterocycles. The van der Waals surface area contributed by atoms with E-state index in [1.165, 1.54) is 0 Å². The average molecular weight is 286 g/mol. The number of amides is 1. The second kappa shape index (κ2) is 6.54. The molecule has 0 bridgehead atoms. The van der Waals surface area contributed by atoms with E-state index in [1.807, 2.05) is 50.4 Å². The first-order chi connectivity index (χ1) is 10.1. The Labute approximate surface area is 125 Å². The number of carbonyl (C=O) groups is 1. The van der Waals surface area contributed by atoms with E-state index in [4.69, 9.17) is 5.73 Å². The van der Waals surface area contributed by atoms with Crippen LogP contribution in [0.5, 0.6) is 0 Å². The van der Waals surface area contributed by atoms with E-state index in [0.29, 0.717) is 13.1 Å². The molecule has 2 aromatic rings. The number of nitrogens with two attached hydrogens (primary N) is 1. The highest BCUT2D eigenvalue weighted by Crippen LogP contribution is 2.19. The van der Waals surface area contributed by atoms with Crippen molar-refractivity contribution in [2.45, 2.75) is 26.8 Å². The van der Waals surface area contributed by atoms with Gasteiger partial charge in [0.05, 0.1) is 17.3 Å². The van der Waals surface area contributed by atoms with E-state index in [-0.39, 0.29) is 5.91 Å². The van der Waals surface area contributed by atoms with E-state index in [1.54, 1.807) is 10.9 Å². The molecule has 0 fully saturated rings. The van der Waals surface area contributed by atoms with E-state index >= 15 is 0 Å². The Bertz CT molecular complexity index is 587. The summed E-state index contributed by atoms with van der Waals surface area (Å²) in [6.45, 7) is 4.66. The van der Waals surface area contributed by atoms with Crippen molar-refractivity contribution in [2.75, 3.05) is 6.54 Å². The zero-order chi connectivity index (χ0) is 15.3. The number of para-hydroxylation sites is 1. The average Bonchev–Trinajstić information content (AvgIpc) is 3.01. The summed E-state index contributed by atoms with van der Waals surface area (Å²) in [5, 5.41) is 7.24. The molecule has 5 heteroatoms. The van der Waals surface area contributed by atoms with E-state index in [2.05, 4.69) is 10.4 Å². The third-order valence-corrected chi connectivity index (χ3v) is 3.89. The Morgan fingerprint density at radius 3 is 2.71 bits per heavy atom. The zero-order valence-electron chi connectivity index (χ0n) is 12.5. The summed E-state index contributed by atoms with van der Waals surface area (Å²) >= 11 is 0. The SMILES string of the molecule is CCC(C)(CN)C(=O)NCc1cnn(-c2ccccc2)c1. The van der Waals surface area contributed by atoms with Gasteiger partial charge in [-0.25, -0.2) is 4.68 Å². The normalized spacial score (nSPS) is 13.7. The molecule has 1 atom stereocenters. The number of benzene rings is 1. The van der Waals surface area contributed by atoms with Crippen LogP contribution in [-0.4, -0.2) is 22.2 Å². The fourth-order valence-corrected chi connectivity index (χ4v) is 1.97. The fraction of sp³-hybridized carbons (Fsp3) is 0.375. The molecule has 3 N–H and O–H groups in total. The van der Waals surface area contributed by atoms with Crippen molar-refractivity contribution in [2.24, 2.45) is 11.1 Å². The Morgan fingerprint density at radius 1 is 1.38 bits per heavy atom. The maximum absolute atomic E-state index is 12.2. The lowest BCUT2D eigenvalue weighted by Crippen LogP contribution is -2.43. The maximum Gasteiger partial charge on any atom is 0.227 e. The summed E-state index contributed by atoms with van der Waals surface area (Å²) in [6.07, 6.45) is 4.40. The molecule has 0 aliphatic rings. The minimum absolute atomic E-state index is 0.0139. The predicted molar refractivity (Wildman–Crippen MR) is 82.9 cm³/mol. The highest BCUT2D eigenvalue weighted by Gasteiger charge is 2.29. The van der Waals surface area contributed by atoms with Crippen LogP contribution in [0, 0.1) is 5.41 Å². The summed E-state index contributed by atoms with van der Waals surface area (Å²) in [5.74, 6) is -0.0139. The molecule has 1 heterocycles. The van der Waals surface area contributed by atoms with Gasteiger partial charge in [0.1, 0.15) is 0 Å². The van der Waals surface area contributed by atoms with Crippen LogP contribution in [-0.2, 0) is 11.3 Å². The van der Waals surface area contributed by atoms with Crippen LogP contribution in [0.4, 0.5) is 0 Å². The van der Waals surface area contributed by atoms with Gasteiger partial charge in [-0.1, -0.05) is 25.1 Å². The smallest absolute Gasteiger partial charge is 0.227 e. The van der Waals surface area contributed by atoms with Gasteiger partial charge in [0.2, 0.25) is 5.91 Å². The topological polar surface area (TPSA) is 72.9 Å². The van der Waals surface area contributed by atoms with Crippen molar-refractivity contribution in [3.05, 3.63) is 48.3 Å². The van der Waals surface area contributed by atoms with Crippen molar-refractivity contribution < 1.29 is 4.79 Å². The first-order valence-corrected chi connectivity index (χ1v) is 7.16. The molecule has 0 radical (unpaired) electrons. The number of hydrogen-bond donors (Lipinski definition) is 2. The summed E-state index contributed by atoms with van der Waals surface area (Å²) in [6, 6.07) is 9.86. The van der Waals surface area contributed by atoms with E-state index < -0.39 is 5.41 Å². The van der Waals surface area contributed by atoms with Crippen LogP contribution < -0.4 is 11.1 Å². The van der Waals surface area contributed by atoms with Crippen LogP contribution in [0.2, 0.25) is 0 Å². The molecule has 1 aromatic heterocycles. The Balaban J connectivity index is 1.99. The van der Waals surface area contributed by atoms with Gasteiger partial charge < -0.3 is 11.1 Å². The molecule has 0 spiro atoms. The molecule has 1 aromatic carbocycles. The zero-order valence-corrected chi connectivity index (χ0v) is 12.5. The van der Waals surface area contributed by atoms with Gasteiger partial charge in [0.15, 0.2) is 0 Å². The summed E-state index contributed by atoms with van der Waals surface area (Å²) in [7, 11) is 0. The van der Waals surface area contributed by atoms with Crippen LogP contribution in [0.25, 0.3) is 5.69 Å². The van der Waals surface area contributed by atoms with Crippen LogP contribution in [0.1, 0.15) is 25.8 Å². The third-order valence-electron chi connectivity index (χ3n) is 3.89. The van der Waals surface area contributed by atoms with Crippen molar-refractivity contribution in [3.63, 3.8) is 0 Å². The lowest BCUT2D eigenvalue weighted by Gasteiger charge is -2.24. The summed E-state index contributed by atoms with van der Waals surface area (Å²) in [4.78, 5) is 12.2. The number of nitrogens with one attached hydrogen (secondary N) is 1. The minimum Gasteiger partial charge on any atom is -0.351 e.